The van der Waals surface area contributed by atoms with E-state index in [2.05, 4.69) is 20.4 Å². The molecule has 0 atom stereocenters. The highest BCUT2D eigenvalue weighted by atomic mass is 16.5. The fraction of sp³-hybridized carbons (Fsp3) is 0.154. The van der Waals surface area contributed by atoms with Crippen molar-refractivity contribution in [2.75, 3.05) is 17.6 Å². The van der Waals surface area contributed by atoms with Crippen molar-refractivity contribution in [1.29, 1.82) is 0 Å². The maximum absolute atomic E-state index is 5.97. The summed E-state index contributed by atoms with van der Waals surface area (Å²) in [6.45, 7) is 0.667. The molecule has 19 heavy (non-hydrogen) atoms. The number of hydrogen-bond donors (Lipinski definition) is 2. The zero-order chi connectivity index (χ0) is 13.1. The molecule has 2 heterocycles. The van der Waals surface area contributed by atoms with Crippen LogP contribution in [0.2, 0.25) is 0 Å². The summed E-state index contributed by atoms with van der Waals surface area (Å²) in [5.41, 5.74) is 8.41. The number of pyridine rings is 1. The number of aromatic nitrogens is 3. The number of benzene rings is 1. The van der Waals surface area contributed by atoms with E-state index in [4.69, 9.17) is 10.3 Å². The first-order chi connectivity index (χ1) is 9.34. The third-order valence-corrected chi connectivity index (χ3v) is 2.85. The Morgan fingerprint density at radius 1 is 1.21 bits per heavy atom. The van der Waals surface area contributed by atoms with Crippen LogP contribution in [0.5, 0.6) is 0 Å². The van der Waals surface area contributed by atoms with Crippen molar-refractivity contribution in [3.8, 4) is 0 Å². The first-order valence-electron chi connectivity index (χ1n) is 5.97. The van der Waals surface area contributed by atoms with Crippen LogP contribution in [0, 0.1) is 0 Å². The normalized spacial score (nSPS) is 10.7. The van der Waals surface area contributed by atoms with Crippen LogP contribution in [0.4, 0.5) is 11.4 Å². The maximum Gasteiger partial charge on any atom is 0.228 e. The van der Waals surface area contributed by atoms with Crippen molar-refractivity contribution in [3.05, 3.63) is 42.7 Å². The summed E-state index contributed by atoms with van der Waals surface area (Å²) in [6, 6.07) is 7.87. The minimum Gasteiger partial charge on any atom is -0.396 e. The average Bonchev–Trinajstić information content (AvgIpc) is 2.94. The average molecular weight is 255 g/mol. The zero-order valence-electron chi connectivity index (χ0n) is 10.2. The molecule has 3 N–H and O–H groups in total. The van der Waals surface area contributed by atoms with Gasteiger partial charge in [-0.25, -0.2) is 0 Å². The number of fused-ring (bicyclic) bond motifs is 1. The van der Waals surface area contributed by atoms with Crippen LogP contribution >= 0.6 is 0 Å². The van der Waals surface area contributed by atoms with Crippen molar-refractivity contribution in [2.45, 2.75) is 6.42 Å². The Balaban J connectivity index is 1.81. The van der Waals surface area contributed by atoms with Crippen LogP contribution < -0.4 is 11.1 Å². The van der Waals surface area contributed by atoms with Gasteiger partial charge in [-0.2, -0.15) is 4.98 Å². The Bertz CT molecular complexity index is 681. The predicted octanol–water partition coefficient (Wildman–Crippen LogP) is 1.85. The SMILES string of the molecule is Nc1cnc2ccccc2c1NCCc1ncno1. The highest BCUT2D eigenvalue weighted by Crippen LogP contribution is 2.27. The summed E-state index contributed by atoms with van der Waals surface area (Å²) < 4.78 is 4.94. The zero-order valence-corrected chi connectivity index (χ0v) is 10.2. The number of nitrogens with two attached hydrogens (primary N) is 1. The van der Waals surface area contributed by atoms with Gasteiger partial charge in [0, 0.05) is 18.4 Å². The van der Waals surface area contributed by atoms with E-state index in [0.717, 1.165) is 16.6 Å². The summed E-state index contributed by atoms with van der Waals surface area (Å²) in [7, 11) is 0. The second kappa shape index (κ2) is 4.93. The summed E-state index contributed by atoms with van der Waals surface area (Å²) in [6.07, 6.45) is 3.71. The molecule has 2 aromatic heterocycles. The third-order valence-electron chi connectivity index (χ3n) is 2.85. The lowest BCUT2D eigenvalue weighted by Crippen LogP contribution is -2.08. The smallest absolute Gasteiger partial charge is 0.228 e. The molecule has 3 rings (SSSR count). The molecule has 0 saturated carbocycles. The predicted molar refractivity (Wildman–Crippen MR) is 72.6 cm³/mol. The second-order valence-electron chi connectivity index (χ2n) is 4.12. The lowest BCUT2D eigenvalue weighted by atomic mass is 10.1. The molecule has 6 nitrogen and oxygen atoms in total. The molecule has 0 aliphatic carbocycles. The van der Waals surface area contributed by atoms with Crippen LogP contribution in [0.3, 0.4) is 0 Å². The van der Waals surface area contributed by atoms with Crippen LogP contribution in [0.1, 0.15) is 5.89 Å². The van der Waals surface area contributed by atoms with E-state index < -0.39 is 0 Å². The van der Waals surface area contributed by atoms with Gasteiger partial charge in [0.25, 0.3) is 0 Å². The lowest BCUT2D eigenvalue weighted by molar-refractivity contribution is 0.380. The van der Waals surface area contributed by atoms with Crippen LogP contribution in [-0.2, 0) is 6.42 Å². The van der Waals surface area contributed by atoms with E-state index in [1.54, 1.807) is 6.20 Å². The van der Waals surface area contributed by atoms with Crippen molar-refractivity contribution in [1.82, 2.24) is 15.1 Å². The highest BCUT2D eigenvalue weighted by molar-refractivity contribution is 5.96. The molecule has 0 fully saturated rings. The van der Waals surface area contributed by atoms with Gasteiger partial charge in [0.05, 0.1) is 23.1 Å². The number of para-hydroxylation sites is 1. The molecular weight excluding hydrogens is 242 g/mol. The van der Waals surface area contributed by atoms with Crippen LogP contribution in [0.15, 0.2) is 41.3 Å². The molecule has 0 amide bonds. The molecule has 96 valence electrons. The monoisotopic (exact) mass is 255 g/mol. The Morgan fingerprint density at radius 3 is 2.95 bits per heavy atom. The molecule has 0 bridgehead atoms. The van der Waals surface area contributed by atoms with Gasteiger partial charge < -0.3 is 15.6 Å². The molecule has 0 spiro atoms. The van der Waals surface area contributed by atoms with Gasteiger partial charge in [-0.1, -0.05) is 23.4 Å². The van der Waals surface area contributed by atoms with Crippen LogP contribution in [-0.4, -0.2) is 21.7 Å². The van der Waals surface area contributed by atoms with Gasteiger partial charge in [0.1, 0.15) is 0 Å². The Morgan fingerprint density at radius 2 is 2.11 bits per heavy atom. The fourth-order valence-electron chi connectivity index (χ4n) is 1.95. The van der Waals surface area contributed by atoms with Gasteiger partial charge in [-0.3, -0.25) is 4.98 Å². The Kier molecular flexibility index (Phi) is 2.97. The first-order valence-corrected chi connectivity index (χ1v) is 5.97. The van der Waals surface area contributed by atoms with Gasteiger partial charge in [-0.15, -0.1) is 0 Å². The third kappa shape index (κ3) is 2.33. The quantitative estimate of drug-likeness (QED) is 0.739. The van der Waals surface area contributed by atoms with Crippen molar-refractivity contribution >= 4 is 22.3 Å². The van der Waals surface area contributed by atoms with Gasteiger partial charge in [0.2, 0.25) is 5.89 Å². The van der Waals surface area contributed by atoms with Crippen molar-refractivity contribution in [3.63, 3.8) is 0 Å². The molecule has 6 heteroatoms. The molecule has 0 aliphatic rings. The number of nitrogens with one attached hydrogen (secondary N) is 1. The standard InChI is InChI=1S/C13H13N5O/c14-10-7-16-11-4-2-1-3-9(11)13(10)15-6-5-12-17-8-18-19-12/h1-4,7-8H,5-6,14H2,(H,15,16). The summed E-state index contributed by atoms with van der Waals surface area (Å²) in [4.78, 5) is 8.26. The molecule has 0 unspecified atom stereocenters. The maximum atomic E-state index is 5.97. The van der Waals surface area contributed by atoms with Crippen molar-refractivity contribution in [2.24, 2.45) is 0 Å². The van der Waals surface area contributed by atoms with E-state index in [9.17, 15) is 0 Å². The number of hydrogen-bond acceptors (Lipinski definition) is 6. The topological polar surface area (TPSA) is 89.9 Å². The van der Waals surface area contributed by atoms with Crippen molar-refractivity contribution < 1.29 is 4.52 Å². The second-order valence-corrected chi connectivity index (χ2v) is 4.12. The molecule has 3 aromatic rings. The number of nitrogens with zero attached hydrogens (tertiary/aromatic N) is 3. The van der Waals surface area contributed by atoms with Gasteiger partial charge in [-0.05, 0) is 6.07 Å². The summed E-state index contributed by atoms with van der Waals surface area (Å²) >= 11 is 0. The Labute approximate surface area is 109 Å². The summed E-state index contributed by atoms with van der Waals surface area (Å²) in [5, 5.41) is 7.88. The van der Waals surface area contributed by atoms with E-state index in [0.29, 0.717) is 24.5 Å². The molecule has 0 radical (unpaired) electrons. The molecule has 1 aromatic carbocycles. The summed E-state index contributed by atoms with van der Waals surface area (Å²) in [5.74, 6) is 0.601. The highest BCUT2D eigenvalue weighted by Gasteiger charge is 2.06. The first kappa shape index (κ1) is 11.5. The number of rotatable bonds is 4. The molecular formula is C13H13N5O. The van der Waals surface area contributed by atoms with E-state index >= 15 is 0 Å². The molecule has 0 saturated heterocycles. The van der Waals surface area contributed by atoms with E-state index in [1.165, 1.54) is 6.33 Å². The lowest BCUT2D eigenvalue weighted by Gasteiger charge is -2.11. The Hall–Kier alpha value is -2.63. The van der Waals surface area contributed by atoms with E-state index in [1.807, 2.05) is 24.3 Å². The number of nitrogen functional groups attached to an aromatic ring is 1. The molecule has 0 aliphatic heterocycles. The number of anilines is 2. The van der Waals surface area contributed by atoms with Crippen LogP contribution in [0.25, 0.3) is 10.9 Å². The van der Waals surface area contributed by atoms with Gasteiger partial charge >= 0.3 is 0 Å². The fourth-order valence-corrected chi connectivity index (χ4v) is 1.95. The largest absolute Gasteiger partial charge is 0.396 e. The minimum absolute atomic E-state index is 0.601. The van der Waals surface area contributed by atoms with E-state index in [-0.39, 0.29) is 0 Å². The minimum atomic E-state index is 0.601. The van der Waals surface area contributed by atoms with Gasteiger partial charge in [0.15, 0.2) is 6.33 Å².